The molecule has 0 bridgehead atoms. The van der Waals surface area contributed by atoms with Crippen molar-refractivity contribution in [3.05, 3.63) is 0 Å². The number of nitrogens with one attached hydrogen (secondary N) is 1. The molecule has 3 fully saturated rings. The number of hydrogen-bond donors (Lipinski definition) is 1. The van der Waals surface area contributed by atoms with E-state index in [1.807, 2.05) is 4.90 Å². The van der Waals surface area contributed by atoms with Crippen LogP contribution in [0.4, 0.5) is 0 Å². The van der Waals surface area contributed by atoms with Crippen molar-refractivity contribution in [2.24, 2.45) is 11.8 Å². The summed E-state index contributed by atoms with van der Waals surface area (Å²) >= 11 is 0. The zero-order valence-corrected chi connectivity index (χ0v) is 11.7. The maximum atomic E-state index is 12.3. The Hall–Kier alpha value is -1.06. The van der Waals surface area contributed by atoms with Gasteiger partial charge < -0.3 is 10.2 Å². The van der Waals surface area contributed by atoms with Crippen LogP contribution in [0.3, 0.4) is 0 Å². The van der Waals surface area contributed by atoms with Gasteiger partial charge in [-0.3, -0.25) is 9.59 Å². The van der Waals surface area contributed by atoms with Crippen LogP contribution in [-0.2, 0) is 9.59 Å². The van der Waals surface area contributed by atoms with Gasteiger partial charge in [-0.1, -0.05) is 19.8 Å². The minimum atomic E-state index is -0.374. The van der Waals surface area contributed by atoms with Crippen LogP contribution >= 0.6 is 0 Å². The van der Waals surface area contributed by atoms with Gasteiger partial charge >= 0.3 is 11.8 Å². The number of carbonyl (C=O) groups is 2. The van der Waals surface area contributed by atoms with Gasteiger partial charge in [0.05, 0.1) is 0 Å². The summed E-state index contributed by atoms with van der Waals surface area (Å²) in [5.41, 5.74) is 0. The van der Waals surface area contributed by atoms with Crippen molar-refractivity contribution in [2.75, 3.05) is 6.54 Å². The Kier molecular flexibility index (Phi) is 3.50. The predicted molar refractivity (Wildman–Crippen MR) is 72.4 cm³/mol. The fourth-order valence-corrected chi connectivity index (χ4v) is 3.77. The summed E-state index contributed by atoms with van der Waals surface area (Å²) < 4.78 is 0. The highest BCUT2D eigenvalue weighted by atomic mass is 16.2. The van der Waals surface area contributed by atoms with Crippen LogP contribution in [0.25, 0.3) is 0 Å². The molecular formula is C15H24N2O2. The molecule has 19 heavy (non-hydrogen) atoms. The molecule has 0 aromatic heterocycles. The van der Waals surface area contributed by atoms with Gasteiger partial charge in [0.2, 0.25) is 0 Å². The molecule has 4 nitrogen and oxygen atoms in total. The van der Waals surface area contributed by atoms with Crippen LogP contribution in [0.2, 0.25) is 0 Å². The summed E-state index contributed by atoms with van der Waals surface area (Å²) in [5.74, 6) is 0.651. The first-order valence-corrected chi connectivity index (χ1v) is 7.78. The Morgan fingerprint density at radius 2 is 1.79 bits per heavy atom. The zero-order chi connectivity index (χ0) is 13.4. The summed E-state index contributed by atoms with van der Waals surface area (Å²) in [5, 5.41) is 2.83. The van der Waals surface area contributed by atoms with E-state index in [1.165, 1.54) is 19.3 Å². The van der Waals surface area contributed by atoms with E-state index >= 15 is 0 Å². The van der Waals surface area contributed by atoms with Gasteiger partial charge in [0.25, 0.3) is 0 Å². The monoisotopic (exact) mass is 264 g/mol. The van der Waals surface area contributed by atoms with Crippen molar-refractivity contribution in [1.29, 1.82) is 0 Å². The van der Waals surface area contributed by atoms with Crippen LogP contribution in [-0.4, -0.2) is 35.3 Å². The van der Waals surface area contributed by atoms with E-state index < -0.39 is 0 Å². The number of amides is 2. The highest BCUT2D eigenvalue weighted by Crippen LogP contribution is 2.38. The van der Waals surface area contributed by atoms with Gasteiger partial charge in [0, 0.05) is 18.6 Å². The second kappa shape index (κ2) is 5.14. The molecule has 0 spiro atoms. The fourth-order valence-electron chi connectivity index (χ4n) is 3.77. The third kappa shape index (κ3) is 2.63. The quantitative estimate of drug-likeness (QED) is 0.733. The lowest BCUT2D eigenvalue weighted by atomic mass is 9.72. The number of rotatable bonds is 1. The van der Waals surface area contributed by atoms with Crippen LogP contribution in [0.15, 0.2) is 0 Å². The lowest BCUT2D eigenvalue weighted by Crippen LogP contribution is -2.56. The minimum Gasteiger partial charge on any atom is -0.345 e. The largest absolute Gasteiger partial charge is 0.345 e. The number of fused-ring (bicyclic) bond motifs is 1. The SMILES string of the molecule is C[C@@H]1CCN(C(=O)C(=O)NC2CC2)[C@H]2CCCC[C@H]12. The molecule has 1 aliphatic heterocycles. The van der Waals surface area contributed by atoms with E-state index in [2.05, 4.69) is 12.2 Å². The first-order chi connectivity index (χ1) is 9.16. The molecule has 106 valence electrons. The average Bonchev–Trinajstić information content (AvgIpc) is 3.23. The van der Waals surface area contributed by atoms with E-state index in [4.69, 9.17) is 0 Å². The number of likely N-dealkylation sites (tertiary alicyclic amines) is 1. The van der Waals surface area contributed by atoms with Crippen molar-refractivity contribution in [3.8, 4) is 0 Å². The molecular weight excluding hydrogens is 240 g/mol. The molecule has 0 aromatic rings. The molecule has 0 radical (unpaired) electrons. The molecule has 4 heteroatoms. The Morgan fingerprint density at radius 1 is 1.05 bits per heavy atom. The van der Waals surface area contributed by atoms with Crippen LogP contribution in [0.1, 0.15) is 51.9 Å². The number of nitrogens with zero attached hydrogens (tertiary/aromatic N) is 1. The van der Waals surface area contributed by atoms with E-state index in [-0.39, 0.29) is 17.9 Å². The molecule has 3 atom stereocenters. The van der Waals surface area contributed by atoms with Gasteiger partial charge in [-0.2, -0.15) is 0 Å². The molecule has 1 saturated heterocycles. The maximum absolute atomic E-state index is 12.3. The van der Waals surface area contributed by atoms with Crippen molar-refractivity contribution in [1.82, 2.24) is 10.2 Å². The van der Waals surface area contributed by atoms with Crippen LogP contribution in [0.5, 0.6) is 0 Å². The first kappa shape index (κ1) is 12.9. The third-order valence-electron chi connectivity index (χ3n) is 5.11. The number of carbonyl (C=O) groups excluding carboxylic acids is 2. The molecule has 2 aliphatic carbocycles. The van der Waals surface area contributed by atoms with E-state index in [9.17, 15) is 9.59 Å². The second-order valence-electron chi connectivity index (χ2n) is 6.53. The van der Waals surface area contributed by atoms with E-state index in [0.717, 1.165) is 32.2 Å². The predicted octanol–water partition coefficient (Wildman–Crippen LogP) is 1.69. The van der Waals surface area contributed by atoms with Crippen LogP contribution in [0, 0.1) is 11.8 Å². The Labute approximate surface area is 114 Å². The molecule has 1 N–H and O–H groups in total. The van der Waals surface area contributed by atoms with Gasteiger partial charge in [0.15, 0.2) is 0 Å². The molecule has 0 aromatic carbocycles. The fraction of sp³-hybridized carbons (Fsp3) is 0.867. The second-order valence-corrected chi connectivity index (χ2v) is 6.53. The highest BCUT2D eigenvalue weighted by molar-refractivity contribution is 6.35. The van der Waals surface area contributed by atoms with Crippen molar-refractivity contribution >= 4 is 11.8 Å². The summed E-state index contributed by atoms with van der Waals surface area (Å²) in [6, 6.07) is 0.581. The van der Waals surface area contributed by atoms with Gasteiger partial charge in [0.1, 0.15) is 0 Å². The summed E-state index contributed by atoms with van der Waals surface area (Å²) in [7, 11) is 0. The first-order valence-electron chi connectivity index (χ1n) is 7.78. The summed E-state index contributed by atoms with van der Waals surface area (Å²) in [4.78, 5) is 26.2. The Bertz CT molecular complexity index is 378. The average molecular weight is 264 g/mol. The summed E-state index contributed by atoms with van der Waals surface area (Å²) in [6.45, 7) is 3.06. The molecule has 1 heterocycles. The highest BCUT2D eigenvalue weighted by Gasteiger charge is 2.41. The van der Waals surface area contributed by atoms with Crippen LogP contribution < -0.4 is 5.32 Å². The smallest absolute Gasteiger partial charge is 0.312 e. The Morgan fingerprint density at radius 3 is 2.53 bits per heavy atom. The summed E-state index contributed by atoms with van der Waals surface area (Å²) in [6.07, 6.45) is 7.88. The molecule has 2 saturated carbocycles. The van der Waals surface area contributed by atoms with E-state index in [0.29, 0.717) is 17.9 Å². The minimum absolute atomic E-state index is 0.266. The Balaban J connectivity index is 1.68. The van der Waals surface area contributed by atoms with Crippen molar-refractivity contribution < 1.29 is 9.59 Å². The standard InChI is InChI=1S/C15H24N2O2/c1-10-8-9-17(13-5-3-2-4-12(10)13)15(19)14(18)16-11-6-7-11/h10-13H,2-9H2,1H3,(H,16,18)/t10-,12-,13+/m1/s1. The number of hydrogen-bond acceptors (Lipinski definition) is 2. The van der Waals surface area contributed by atoms with Gasteiger partial charge in [-0.25, -0.2) is 0 Å². The van der Waals surface area contributed by atoms with E-state index in [1.54, 1.807) is 0 Å². The van der Waals surface area contributed by atoms with Crippen molar-refractivity contribution in [2.45, 2.75) is 64.0 Å². The lowest BCUT2D eigenvalue weighted by Gasteiger charge is -2.47. The topological polar surface area (TPSA) is 49.4 Å². The van der Waals surface area contributed by atoms with Gasteiger partial charge in [-0.05, 0) is 43.9 Å². The molecule has 2 amide bonds. The normalized spacial score (nSPS) is 34.6. The lowest BCUT2D eigenvalue weighted by molar-refractivity contribution is -0.151. The third-order valence-corrected chi connectivity index (χ3v) is 5.11. The number of piperidine rings is 1. The molecule has 0 unspecified atom stereocenters. The zero-order valence-electron chi connectivity index (χ0n) is 11.7. The molecule has 3 aliphatic rings. The maximum Gasteiger partial charge on any atom is 0.312 e. The molecule has 3 rings (SSSR count). The van der Waals surface area contributed by atoms with Crippen molar-refractivity contribution in [3.63, 3.8) is 0 Å². The van der Waals surface area contributed by atoms with Gasteiger partial charge in [-0.15, -0.1) is 0 Å².